The predicted octanol–water partition coefficient (Wildman–Crippen LogP) is 1.39. The summed E-state index contributed by atoms with van der Waals surface area (Å²) in [4.78, 5) is 17.4. The lowest BCUT2D eigenvalue weighted by Crippen LogP contribution is -2.31. The second-order valence-corrected chi connectivity index (χ2v) is 3.83. The third-order valence-electron chi connectivity index (χ3n) is 2.37. The fourth-order valence-corrected chi connectivity index (χ4v) is 1.47. The van der Waals surface area contributed by atoms with Gasteiger partial charge < -0.3 is 10.2 Å². The molecule has 6 heteroatoms. The minimum absolute atomic E-state index is 0.105. The fraction of sp³-hybridized carbons (Fsp3) is 0.385. The van der Waals surface area contributed by atoms with Crippen LogP contribution in [0.15, 0.2) is 18.3 Å². The van der Waals surface area contributed by atoms with Crippen molar-refractivity contribution in [2.75, 3.05) is 25.0 Å². The number of hydrogen-bond donors (Lipinski definition) is 1. The first kappa shape index (κ1) is 14.5. The molecule has 0 aromatic carbocycles. The molecule has 6 nitrogen and oxygen atoms in total. The Balaban J connectivity index is 2.86. The summed E-state index contributed by atoms with van der Waals surface area (Å²) in [6.45, 7) is 2.59. The summed E-state index contributed by atoms with van der Waals surface area (Å²) in [5, 5.41) is 20.4. The van der Waals surface area contributed by atoms with Gasteiger partial charge in [-0.3, -0.25) is 4.79 Å². The monoisotopic (exact) mass is 257 g/mol. The van der Waals surface area contributed by atoms with Crippen molar-refractivity contribution >= 4 is 11.7 Å². The summed E-state index contributed by atoms with van der Waals surface area (Å²) in [5.74, 6) is 0.270. The Morgan fingerprint density at radius 1 is 1.42 bits per heavy atom. The van der Waals surface area contributed by atoms with Crippen molar-refractivity contribution in [2.45, 2.75) is 13.3 Å². The minimum atomic E-state index is -0.343. The first-order valence-electron chi connectivity index (χ1n) is 5.96. The van der Waals surface area contributed by atoms with E-state index < -0.39 is 0 Å². The third kappa shape index (κ3) is 4.29. The molecule has 0 atom stereocenters. The Hall–Kier alpha value is -2.60. The lowest BCUT2D eigenvalue weighted by Gasteiger charge is -2.16. The van der Waals surface area contributed by atoms with E-state index in [1.54, 1.807) is 12.1 Å². The van der Waals surface area contributed by atoms with Gasteiger partial charge in [0.15, 0.2) is 0 Å². The standard InChI is InChI=1S/C13H15N5O/c1-2-6-16-12-10-11(3-7-17-12)13(19)18(8-4-14)9-5-15/h3,7,10H,2,6,8-9H2,1H3,(H,16,17). The number of nitrogens with zero attached hydrogens (tertiary/aromatic N) is 4. The van der Waals surface area contributed by atoms with Crippen LogP contribution in [0.1, 0.15) is 23.7 Å². The highest BCUT2D eigenvalue weighted by atomic mass is 16.2. The maximum absolute atomic E-state index is 12.1. The summed E-state index contributed by atoms with van der Waals surface area (Å²) in [5.41, 5.74) is 0.416. The van der Waals surface area contributed by atoms with Crippen molar-refractivity contribution in [1.29, 1.82) is 10.5 Å². The van der Waals surface area contributed by atoms with Crippen molar-refractivity contribution in [2.24, 2.45) is 0 Å². The Labute approximate surface area is 112 Å². The minimum Gasteiger partial charge on any atom is -0.370 e. The van der Waals surface area contributed by atoms with E-state index >= 15 is 0 Å². The molecule has 1 rings (SSSR count). The van der Waals surface area contributed by atoms with Gasteiger partial charge in [-0.2, -0.15) is 10.5 Å². The average molecular weight is 257 g/mol. The summed E-state index contributed by atoms with van der Waals surface area (Å²) in [7, 11) is 0. The van der Waals surface area contributed by atoms with Gasteiger partial charge in [0.25, 0.3) is 5.91 Å². The van der Waals surface area contributed by atoms with Crippen LogP contribution in [0.25, 0.3) is 0 Å². The summed E-state index contributed by atoms with van der Waals surface area (Å²) in [6.07, 6.45) is 2.48. The van der Waals surface area contributed by atoms with Crippen LogP contribution in [0.2, 0.25) is 0 Å². The predicted molar refractivity (Wildman–Crippen MR) is 70.1 cm³/mol. The number of rotatable bonds is 6. The van der Waals surface area contributed by atoms with E-state index in [-0.39, 0.29) is 19.0 Å². The molecule has 0 fully saturated rings. The molecule has 0 saturated carbocycles. The number of aromatic nitrogens is 1. The zero-order chi connectivity index (χ0) is 14.1. The summed E-state index contributed by atoms with van der Waals surface area (Å²) >= 11 is 0. The Morgan fingerprint density at radius 3 is 2.68 bits per heavy atom. The number of hydrogen-bond acceptors (Lipinski definition) is 5. The Morgan fingerprint density at radius 2 is 2.11 bits per heavy atom. The second-order valence-electron chi connectivity index (χ2n) is 3.83. The van der Waals surface area contributed by atoms with Crippen LogP contribution >= 0.6 is 0 Å². The number of carbonyl (C=O) groups is 1. The zero-order valence-corrected chi connectivity index (χ0v) is 10.8. The smallest absolute Gasteiger partial charge is 0.255 e. The molecule has 0 radical (unpaired) electrons. The quantitative estimate of drug-likeness (QED) is 0.777. The van der Waals surface area contributed by atoms with Crippen LogP contribution in [0.5, 0.6) is 0 Å². The molecule has 1 aromatic heterocycles. The Bertz CT molecular complexity index is 499. The molecule has 1 N–H and O–H groups in total. The van der Waals surface area contributed by atoms with E-state index in [1.165, 1.54) is 11.1 Å². The first-order chi connectivity index (χ1) is 9.22. The SMILES string of the molecule is CCCNc1cc(C(=O)N(CC#N)CC#N)ccn1. The first-order valence-corrected chi connectivity index (χ1v) is 5.96. The van der Waals surface area contributed by atoms with Gasteiger partial charge in [-0.25, -0.2) is 4.98 Å². The van der Waals surface area contributed by atoms with Gasteiger partial charge >= 0.3 is 0 Å². The highest BCUT2D eigenvalue weighted by molar-refractivity contribution is 5.95. The van der Waals surface area contributed by atoms with Crippen molar-refractivity contribution in [3.05, 3.63) is 23.9 Å². The lowest BCUT2D eigenvalue weighted by atomic mass is 10.2. The number of anilines is 1. The van der Waals surface area contributed by atoms with Crippen LogP contribution < -0.4 is 5.32 Å². The van der Waals surface area contributed by atoms with Gasteiger partial charge in [0.2, 0.25) is 0 Å². The van der Waals surface area contributed by atoms with Gasteiger partial charge in [0.05, 0.1) is 12.1 Å². The molecule has 19 heavy (non-hydrogen) atoms. The van der Waals surface area contributed by atoms with E-state index in [0.29, 0.717) is 11.4 Å². The highest BCUT2D eigenvalue weighted by Gasteiger charge is 2.15. The number of carbonyl (C=O) groups excluding carboxylic acids is 1. The van der Waals surface area contributed by atoms with E-state index in [4.69, 9.17) is 10.5 Å². The normalized spacial score (nSPS) is 9.21. The molecule has 0 aliphatic carbocycles. The molecule has 0 spiro atoms. The lowest BCUT2D eigenvalue weighted by molar-refractivity contribution is 0.0794. The van der Waals surface area contributed by atoms with Gasteiger partial charge in [0.1, 0.15) is 18.9 Å². The van der Waals surface area contributed by atoms with Crippen molar-refractivity contribution in [3.8, 4) is 12.1 Å². The number of nitriles is 2. The summed E-state index contributed by atoms with van der Waals surface area (Å²) in [6, 6.07) is 6.95. The van der Waals surface area contributed by atoms with E-state index in [2.05, 4.69) is 10.3 Å². The van der Waals surface area contributed by atoms with Gasteiger partial charge in [-0.1, -0.05) is 6.92 Å². The van der Waals surface area contributed by atoms with Crippen LogP contribution in [-0.4, -0.2) is 35.4 Å². The molecule has 0 aliphatic heterocycles. The number of amides is 1. The molecule has 0 aliphatic rings. The third-order valence-corrected chi connectivity index (χ3v) is 2.37. The molecular formula is C13H15N5O. The average Bonchev–Trinajstić information content (AvgIpc) is 2.44. The van der Waals surface area contributed by atoms with Crippen molar-refractivity contribution < 1.29 is 4.79 Å². The number of nitrogens with one attached hydrogen (secondary N) is 1. The maximum atomic E-state index is 12.1. The molecular weight excluding hydrogens is 242 g/mol. The molecule has 0 saturated heterocycles. The maximum Gasteiger partial charge on any atom is 0.255 e. The van der Waals surface area contributed by atoms with Gasteiger partial charge in [0, 0.05) is 18.3 Å². The van der Waals surface area contributed by atoms with Crippen LogP contribution in [0, 0.1) is 22.7 Å². The fourth-order valence-electron chi connectivity index (χ4n) is 1.47. The van der Waals surface area contributed by atoms with E-state index in [9.17, 15) is 4.79 Å². The molecule has 1 heterocycles. The second kappa shape index (κ2) is 7.67. The molecule has 1 aromatic rings. The number of pyridine rings is 1. The van der Waals surface area contributed by atoms with Crippen LogP contribution in [-0.2, 0) is 0 Å². The van der Waals surface area contributed by atoms with Crippen molar-refractivity contribution in [3.63, 3.8) is 0 Å². The molecule has 98 valence electrons. The van der Waals surface area contributed by atoms with Crippen LogP contribution in [0.3, 0.4) is 0 Å². The summed E-state index contributed by atoms with van der Waals surface area (Å²) < 4.78 is 0. The Kier molecular flexibility index (Phi) is 5.84. The topological polar surface area (TPSA) is 92.8 Å². The molecule has 1 amide bonds. The zero-order valence-electron chi connectivity index (χ0n) is 10.8. The van der Waals surface area contributed by atoms with E-state index in [0.717, 1.165) is 13.0 Å². The highest BCUT2D eigenvalue weighted by Crippen LogP contribution is 2.09. The van der Waals surface area contributed by atoms with Crippen LogP contribution in [0.4, 0.5) is 5.82 Å². The molecule has 0 bridgehead atoms. The largest absolute Gasteiger partial charge is 0.370 e. The van der Waals surface area contributed by atoms with Crippen molar-refractivity contribution in [1.82, 2.24) is 9.88 Å². The van der Waals surface area contributed by atoms with Gasteiger partial charge in [-0.05, 0) is 18.6 Å². The van der Waals surface area contributed by atoms with E-state index in [1.807, 2.05) is 19.1 Å². The van der Waals surface area contributed by atoms with Gasteiger partial charge in [-0.15, -0.1) is 0 Å². The molecule has 0 unspecified atom stereocenters.